The lowest BCUT2D eigenvalue weighted by molar-refractivity contribution is 0.621. The maximum atomic E-state index is 6.59. The van der Waals surface area contributed by atoms with Crippen LogP contribution >= 0.6 is 0 Å². The van der Waals surface area contributed by atoms with E-state index in [0.717, 1.165) is 88.7 Å². The van der Waals surface area contributed by atoms with E-state index in [1.54, 1.807) is 0 Å². The first-order valence-electron chi connectivity index (χ1n) is 16.0. The Bertz CT molecular complexity index is 2790. The first kappa shape index (κ1) is 26.6. The molecule has 10 rings (SSSR count). The highest BCUT2D eigenvalue weighted by atomic mass is 16.4. The van der Waals surface area contributed by atoms with Gasteiger partial charge in [-0.15, -0.1) is 0 Å². The van der Waals surface area contributed by atoms with Crippen LogP contribution in [-0.4, -0.2) is 4.98 Å². The van der Waals surface area contributed by atoms with E-state index in [2.05, 4.69) is 89.8 Å². The average molecular weight is 619 g/mol. The summed E-state index contributed by atoms with van der Waals surface area (Å²) in [6.07, 6.45) is 0. The van der Waals surface area contributed by atoms with Crippen LogP contribution in [0.25, 0.3) is 77.6 Å². The molecule has 0 spiro atoms. The van der Waals surface area contributed by atoms with E-state index in [0.29, 0.717) is 5.89 Å². The molecule has 0 aliphatic carbocycles. The summed E-state index contributed by atoms with van der Waals surface area (Å²) in [6, 6.07) is 53.8. The van der Waals surface area contributed by atoms with E-state index in [1.165, 1.54) is 0 Å². The zero-order valence-corrected chi connectivity index (χ0v) is 25.6. The highest BCUT2D eigenvalue weighted by Crippen LogP contribution is 2.44. The second-order valence-corrected chi connectivity index (χ2v) is 11.9. The second-order valence-electron chi connectivity index (χ2n) is 11.9. The topological polar surface area (TPSA) is 55.6 Å². The lowest BCUT2D eigenvalue weighted by Crippen LogP contribution is -2.10. The summed E-state index contributed by atoms with van der Waals surface area (Å²) in [6.45, 7) is 0. The molecule has 3 heterocycles. The number of hydrogen-bond donors (Lipinski definition) is 0. The number of aromatic nitrogens is 1. The number of para-hydroxylation sites is 4. The van der Waals surface area contributed by atoms with Gasteiger partial charge >= 0.3 is 0 Å². The van der Waals surface area contributed by atoms with Gasteiger partial charge in [0, 0.05) is 38.7 Å². The molecule has 0 fully saturated rings. The highest BCUT2D eigenvalue weighted by molar-refractivity contribution is 6.14. The lowest BCUT2D eigenvalue weighted by atomic mass is 10.0. The molecule has 226 valence electrons. The van der Waals surface area contributed by atoms with Crippen molar-refractivity contribution in [3.63, 3.8) is 0 Å². The summed E-state index contributed by atoms with van der Waals surface area (Å²) in [7, 11) is 0. The van der Waals surface area contributed by atoms with Crippen LogP contribution in [0.1, 0.15) is 0 Å². The first-order chi connectivity index (χ1) is 23.8. The smallest absolute Gasteiger partial charge is 0.228 e. The Kier molecular flexibility index (Phi) is 5.81. The number of anilines is 3. The minimum Gasteiger partial charge on any atom is -0.456 e. The molecule has 0 aliphatic heterocycles. The van der Waals surface area contributed by atoms with Crippen LogP contribution < -0.4 is 4.90 Å². The predicted molar refractivity (Wildman–Crippen MR) is 194 cm³/mol. The molecule has 0 saturated heterocycles. The van der Waals surface area contributed by atoms with Crippen LogP contribution in [0.4, 0.5) is 17.1 Å². The quantitative estimate of drug-likeness (QED) is 0.192. The summed E-state index contributed by atoms with van der Waals surface area (Å²) < 4.78 is 19.0. The molecule has 7 aromatic carbocycles. The third-order valence-electron chi connectivity index (χ3n) is 9.12. The molecule has 5 heteroatoms. The van der Waals surface area contributed by atoms with Gasteiger partial charge in [0.05, 0.1) is 11.1 Å². The molecular weight excluding hydrogens is 592 g/mol. The summed E-state index contributed by atoms with van der Waals surface area (Å²) in [5.41, 5.74) is 11.0. The van der Waals surface area contributed by atoms with E-state index in [4.69, 9.17) is 18.2 Å². The van der Waals surface area contributed by atoms with Crippen molar-refractivity contribution in [2.24, 2.45) is 0 Å². The van der Waals surface area contributed by atoms with Gasteiger partial charge in [-0.25, -0.2) is 4.98 Å². The molecule has 48 heavy (non-hydrogen) atoms. The molecule has 3 aromatic heterocycles. The summed E-state index contributed by atoms with van der Waals surface area (Å²) in [4.78, 5) is 7.24. The fourth-order valence-electron chi connectivity index (χ4n) is 6.98. The van der Waals surface area contributed by atoms with Crippen molar-refractivity contribution in [1.82, 2.24) is 4.98 Å². The minimum atomic E-state index is 0.571. The maximum Gasteiger partial charge on any atom is 0.228 e. The van der Waals surface area contributed by atoms with E-state index in [9.17, 15) is 0 Å². The third-order valence-corrected chi connectivity index (χ3v) is 9.12. The van der Waals surface area contributed by atoms with Gasteiger partial charge in [0.15, 0.2) is 5.58 Å². The Labute approximate surface area is 274 Å². The number of rotatable bonds is 5. The number of benzene rings is 7. The van der Waals surface area contributed by atoms with Crippen molar-refractivity contribution in [1.29, 1.82) is 0 Å². The minimum absolute atomic E-state index is 0.571. The van der Waals surface area contributed by atoms with Crippen molar-refractivity contribution in [2.45, 2.75) is 0 Å². The number of nitrogens with zero attached hydrogens (tertiary/aromatic N) is 2. The largest absolute Gasteiger partial charge is 0.456 e. The van der Waals surface area contributed by atoms with Gasteiger partial charge in [-0.1, -0.05) is 91.0 Å². The number of fused-ring (bicyclic) bond motifs is 7. The number of furan rings is 2. The number of hydrogen-bond acceptors (Lipinski definition) is 5. The van der Waals surface area contributed by atoms with Crippen LogP contribution in [0.15, 0.2) is 171 Å². The molecule has 0 bridgehead atoms. The molecule has 0 aliphatic rings. The Hall–Kier alpha value is -6.59. The zero-order chi connectivity index (χ0) is 31.6. The van der Waals surface area contributed by atoms with Crippen LogP contribution in [0.2, 0.25) is 0 Å². The summed E-state index contributed by atoms with van der Waals surface area (Å²) in [5, 5.41) is 4.23. The Balaban J connectivity index is 1.10. The van der Waals surface area contributed by atoms with Crippen molar-refractivity contribution in [2.75, 3.05) is 4.90 Å². The molecule has 0 atom stereocenters. The average Bonchev–Trinajstić information content (AvgIpc) is 3.86. The van der Waals surface area contributed by atoms with E-state index in [1.807, 2.05) is 72.8 Å². The van der Waals surface area contributed by atoms with E-state index in [-0.39, 0.29) is 0 Å². The van der Waals surface area contributed by atoms with Crippen LogP contribution in [-0.2, 0) is 0 Å². The molecule has 0 amide bonds. The molecule has 0 unspecified atom stereocenters. The van der Waals surface area contributed by atoms with Gasteiger partial charge in [-0.05, 0) is 72.3 Å². The van der Waals surface area contributed by atoms with Gasteiger partial charge in [-0.3, -0.25) is 0 Å². The summed E-state index contributed by atoms with van der Waals surface area (Å²) in [5.74, 6) is 0.571. The Morgan fingerprint density at radius 3 is 1.77 bits per heavy atom. The highest BCUT2D eigenvalue weighted by Gasteiger charge is 2.21. The van der Waals surface area contributed by atoms with Gasteiger partial charge < -0.3 is 18.2 Å². The van der Waals surface area contributed by atoms with Crippen LogP contribution in [0.5, 0.6) is 0 Å². The molecule has 10 aromatic rings. The molecule has 0 N–H and O–H groups in total. The monoisotopic (exact) mass is 618 g/mol. The Morgan fingerprint density at radius 2 is 1.00 bits per heavy atom. The van der Waals surface area contributed by atoms with Crippen molar-refractivity contribution >= 4 is 72.0 Å². The van der Waals surface area contributed by atoms with Gasteiger partial charge in [0.2, 0.25) is 5.89 Å². The molecule has 0 radical (unpaired) electrons. The van der Waals surface area contributed by atoms with E-state index >= 15 is 0 Å². The van der Waals surface area contributed by atoms with Crippen LogP contribution in [0, 0.1) is 0 Å². The molecule has 5 nitrogen and oxygen atoms in total. The van der Waals surface area contributed by atoms with Crippen LogP contribution in [0.3, 0.4) is 0 Å². The molecular formula is C43H26N2O3. The van der Waals surface area contributed by atoms with Crippen molar-refractivity contribution in [3.8, 4) is 22.6 Å². The fourth-order valence-corrected chi connectivity index (χ4v) is 6.98. The zero-order valence-electron chi connectivity index (χ0n) is 25.6. The second kappa shape index (κ2) is 10.5. The SMILES string of the molecule is c1ccc(N(c2ccc(-c3cccc4nc(-c5cccc6oc7ccccc7c56)oc34)cc2)c2cccc3oc4ccccc4c23)cc1. The number of oxazole rings is 1. The standard InChI is InChI=1S/C43H26N2O3/c1-2-11-28(12-3-1)45(35-18-10-22-39-41(35)32-14-5-7-20-37(32)47-39)29-25-23-27(24-26-29)30-15-8-17-34-42(30)48-43(44-34)33-16-9-21-38-40(33)31-13-4-6-19-36(31)46-38/h1-26H. The predicted octanol–water partition coefficient (Wildman–Crippen LogP) is 12.4. The van der Waals surface area contributed by atoms with Crippen molar-refractivity contribution in [3.05, 3.63) is 158 Å². The summed E-state index contributed by atoms with van der Waals surface area (Å²) >= 11 is 0. The fraction of sp³-hybridized carbons (Fsp3) is 0. The van der Waals surface area contributed by atoms with Gasteiger partial charge in [0.1, 0.15) is 27.8 Å². The first-order valence-corrected chi connectivity index (χ1v) is 16.0. The van der Waals surface area contributed by atoms with Crippen molar-refractivity contribution < 1.29 is 13.3 Å². The molecule has 0 saturated carbocycles. The Morgan fingerprint density at radius 1 is 0.417 bits per heavy atom. The maximum absolute atomic E-state index is 6.59. The third kappa shape index (κ3) is 4.08. The van der Waals surface area contributed by atoms with Gasteiger partial charge in [-0.2, -0.15) is 0 Å². The normalized spacial score (nSPS) is 11.8. The van der Waals surface area contributed by atoms with Gasteiger partial charge in [0.25, 0.3) is 0 Å². The lowest BCUT2D eigenvalue weighted by Gasteiger charge is -2.26. The van der Waals surface area contributed by atoms with E-state index < -0.39 is 0 Å².